The van der Waals surface area contributed by atoms with Crippen LogP contribution in [0.4, 0.5) is 0 Å². The van der Waals surface area contributed by atoms with E-state index >= 15 is 0 Å². The van der Waals surface area contributed by atoms with Crippen LogP contribution in [0.3, 0.4) is 0 Å². The zero-order valence-corrected chi connectivity index (χ0v) is 8.35. The third-order valence-corrected chi connectivity index (χ3v) is 5.80. The third-order valence-electron chi connectivity index (χ3n) is 2.36. The monoisotopic (exact) mass is 254 g/mol. The van der Waals surface area contributed by atoms with Crippen molar-refractivity contribution in [1.29, 1.82) is 0 Å². The topological polar surface area (TPSA) is 21.3 Å². The van der Waals surface area contributed by atoms with Crippen LogP contribution in [-0.2, 0) is 4.74 Å². The van der Waals surface area contributed by atoms with Crippen LogP contribution in [0.5, 0.6) is 0 Å². The van der Waals surface area contributed by atoms with Crippen molar-refractivity contribution >= 4 is 0 Å². The Hall–Kier alpha value is 0.650. The molecule has 2 fully saturated rings. The molecule has 2 unspecified atom stereocenters. The maximum atomic E-state index is 5.66. The second-order valence-corrected chi connectivity index (χ2v) is 6.08. The van der Waals surface area contributed by atoms with E-state index in [0.717, 1.165) is 6.73 Å². The average molecular weight is 254 g/mol. The molecular formula is C7H13INO-. The van der Waals surface area contributed by atoms with Crippen LogP contribution in [0, 0.1) is 0 Å². The Labute approximate surface area is 72.0 Å². The normalized spacial score (nSPS) is 47.9. The summed E-state index contributed by atoms with van der Waals surface area (Å²) in [7, 11) is 0. The van der Waals surface area contributed by atoms with Crippen molar-refractivity contribution in [3.05, 3.63) is 0 Å². The van der Waals surface area contributed by atoms with Crippen molar-refractivity contribution in [2.75, 3.05) is 15.6 Å². The summed E-state index contributed by atoms with van der Waals surface area (Å²) in [6.07, 6.45) is 1.35. The third kappa shape index (κ3) is 1.08. The Morgan fingerprint density at radius 3 is 3.40 bits per heavy atom. The van der Waals surface area contributed by atoms with Crippen molar-refractivity contribution in [3.8, 4) is 0 Å². The summed E-state index contributed by atoms with van der Waals surface area (Å²) in [6.45, 7) is 3.04. The van der Waals surface area contributed by atoms with Crippen LogP contribution in [0.25, 0.3) is 0 Å². The van der Waals surface area contributed by atoms with Crippen LogP contribution < -0.4 is 26.5 Å². The van der Waals surface area contributed by atoms with Gasteiger partial charge in [-0.2, -0.15) is 0 Å². The Kier molecular flexibility index (Phi) is 1.90. The van der Waals surface area contributed by atoms with E-state index in [1.165, 1.54) is 15.3 Å². The summed E-state index contributed by atoms with van der Waals surface area (Å²) in [4.78, 5) is 0. The molecule has 2 atom stereocenters. The molecule has 3 heteroatoms. The number of hydrogen-bond acceptors (Lipinski definition) is 2. The first-order valence-electron chi connectivity index (χ1n) is 3.72. The van der Waals surface area contributed by atoms with Crippen LogP contribution in [-0.4, -0.2) is 27.2 Å². The first-order chi connectivity index (χ1) is 4.81. The second-order valence-electron chi connectivity index (χ2n) is 3.16. The van der Waals surface area contributed by atoms with Gasteiger partial charge in [-0.05, 0) is 0 Å². The number of alkyl halides is 2. The van der Waals surface area contributed by atoms with E-state index in [-0.39, 0.29) is 5.60 Å². The van der Waals surface area contributed by atoms with Gasteiger partial charge in [0.25, 0.3) is 0 Å². The SMILES string of the molecule is CC12C[I-]CCC1NCO2. The van der Waals surface area contributed by atoms with Gasteiger partial charge in [0.05, 0.1) is 0 Å². The zero-order valence-electron chi connectivity index (χ0n) is 6.19. The second kappa shape index (κ2) is 2.60. The van der Waals surface area contributed by atoms with Gasteiger partial charge < -0.3 is 0 Å². The predicted molar refractivity (Wildman–Crippen MR) is 35.6 cm³/mol. The summed E-state index contributed by atoms with van der Waals surface area (Å²) in [5.41, 5.74) is 0.228. The first kappa shape index (κ1) is 7.31. The van der Waals surface area contributed by atoms with Crippen LogP contribution in [0.15, 0.2) is 0 Å². The minimum absolute atomic E-state index is 0.228. The fraction of sp³-hybridized carbons (Fsp3) is 1.00. The summed E-state index contributed by atoms with van der Waals surface area (Å²) >= 11 is 0.466. The van der Waals surface area contributed by atoms with Crippen molar-refractivity contribution in [2.45, 2.75) is 25.0 Å². The standard InChI is InChI=1S/C7H13INO/c1-7-4-8-3-2-6(7)9-5-10-7/h6,9H,2-5H2,1H3/q-1. The molecule has 0 bridgehead atoms. The molecule has 2 aliphatic heterocycles. The summed E-state index contributed by atoms with van der Waals surface area (Å²) in [5, 5.41) is 3.39. The Balaban J connectivity index is 2.10. The molecule has 0 radical (unpaired) electrons. The fourth-order valence-electron chi connectivity index (χ4n) is 1.60. The van der Waals surface area contributed by atoms with Crippen LogP contribution in [0.2, 0.25) is 0 Å². The molecule has 0 aromatic carbocycles. The molecule has 0 aromatic heterocycles. The van der Waals surface area contributed by atoms with Gasteiger partial charge in [0, 0.05) is 0 Å². The fourth-order valence-corrected chi connectivity index (χ4v) is 4.87. The van der Waals surface area contributed by atoms with Gasteiger partial charge in [-0.1, -0.05) is 0 Å². The van der Waals surface area contributed by atoms with Gasteiger partial charge in [0.15, 0.2) is 0 Å². The number of fused-ring (bicyclic) bond motifs is 1. The van der Waals surface area contributed by atoms with Crippen molar-refractivity contribution in [3.63, 3.8) is 0 Å². The molecule has 2 saturated heterocycles. The van der Waals surface area contributed by atoms with E-state index in [1.54, 1.807) is 0 Å². The van der Waals surface area contributed by atoms with Gasteiger partial charge in [0.2, 0.25) is 0 Å². The molecule has 1 N–H and O–H groups in total. The molecule has 0 aliphatic carbocycles. The Bertz CT molecular complexity index is 142. The van der Waals surface area contributed by atoms with E-state index in [0.29, 0.717) is 27.2 Å². The van der Waals surface area contributed by atoms with E-state index in [4.69, 9.17) is 4.74 Å². The van der Waals surface area contributed by atoms with Crippen molar-refractivity contribution in [2.24, 2.45) is 0 Å². The molecule has 0 spiro atoms. The average Bonchev–Trinajstić information content (AvgIpc) is 2.29. The van der Waals surface area contributed by atoms with Gasteiger partial charge in [0.1, 0.15) is 0 Å². The van der Waals surface area contributed by atoms with Crippen LogP contribution >= 0.6 is 0 Å². The van der Waals surface area contributed by atoms with Crippen molar-refractivity contribution in [1.82, 2.24) is 5.32 Å². The van der Waals surface area contributed by atoms with Gasteiger partial charge >= 0.3 is 71.8 Å². The molecule has 60 valence electrons. The van der Waals surface area contributed by atoms with Gasteiger partial charge in [-0.25, -0.2) is 0 Å². The molecule has 2 aliphatic rings. The Morgan fingerprint density at radius 2 is 2.60 bits per heavy atom. The quantitative estimate of drug-likeness (QED) is 0.372. The molecule has 0 amide bonds. The molecule has 0 saturated carbocycles. The Morgan fingerprint density at radius 1 is 1.70 bits per heavy atom. The maximum absolute atomic E-state index is 5.66. The molecule has 0 aromatic rings. The van der Waals surface area contributed by atoms with Gasteiger partial charge in [-0.15, -0.1) is 0 Å². The molecule has 2 heterocycles. The molecule has 2 rings (SSSR count). The molecule has 2 nitrogen and oxygen atoms in total. The van der Waals surface area contributed by atoms with E-state index in [1.807, 2.05) is 0 Å². The number of hydrogen-bond donors (Lipinski definition) is 1. The minimum atomic E-state index is 0.228. The molecular weight excluding hydrogens is 241 g/mol. The summed E-state index contributed by atoms with van der Waals surface area (Å²) < 4.78 is 8.49. The first-order valence-corrected chi connectivity index (χ1v) is 6.77. The summed E-state index contributed by atoms with van der Waals surface area (Å²) in [6, 6.07) is 0.668. The number of nitrogens with one attached hydrogen (secondary N) is 1. The zero-order chi connectivity index (χ0) is 7.03. The predicted octanol–water partition coefficient (Wildman–Crippen LogP) is -2.82. The van der Waals surface area contributed by atoms with Crippen molar-refractivity contribution < 1.29 is 25.9 Å². The van der Waals surface area contributed by atoms with Crippen LogP contribution in [0.1, 0.15) is 13.3 Å². The number of halogens is 1. The van der Waals surface area contributed by atoms with E-state index < -0.39 is 0 Å². The molecule has 10 heavy (non-hydrogen) atoms. The number of rotatable bonds is 0. The number of ether oxygens (including phenoxy) is 1. The van der Waals surface area contributed by atoms with E-state index in [9.17, 15) is 0 Å². The van der Waals surface area contributed by atoms with E-state index in [2.05, 4.69) is 12.2 Å². The summed E-state index contributed by atoms with van der Waals surface area (Å²) in [5.74, 6) is 0. The van der Waals surface area contributed by atoms with Gasteiger partial charge in [-0.3, -0.25) is 0 Å².